The van der Waals surface area contributed by atoms with Crippen molar-refractivity contribution in [1.82, 2.24) is 19.6 Å². The molecule has 0 heterocycles. The van der Waals surface area contributed by atoms with Crippen molar-refractivity contribution in [3.63, 3.8) is 0 Å². The van der Waals surface area contributed by atoms with Gasteiger partial charge in [0.05, 0.1) is 0 Å². The van der Waals surface area contributed by atoms with Crippen LogP contribution in [0.25, 0.3) is 0 Å². The zero-order valence-corrected chi connectivity index (χ0v) is 58.5. The Morgan fingerprint density at radius 1 is 0.256 bits per heavy atom. The van der Waals surface area contributed by atoms with E-state index in [-0.39, 0.29) is 0 Å². The first-order valence-electron chi connectivity index (χ1n) is 37.8. The summed E-state index contributed by atoms with van der Waals surface area (Å²) in [5.74, 6) is 4.30. The van der Waals surface area contributed by atoms with Crippen molar-refractivity contribution in [2.24, 2.45) is 29.6 Å². The van der Waals surface area contributed by atoms with Crippen LogP contribution in [0.4, 0.5) is 0 Å². The van der Waals surface area contributed by atoms with Gasteiger partial charge in [-0.3, -0.25) is 9.59 Å². The van der Waals surface area contributed by atoms with Crippen molar-refractivity contribution in [3.05, 3.63) is 0 Å². The maximum atomic E-state index is 14.3. The minimum Gasteiger partial charge on any atom is -0.342 e. The van der Waals surface area contributed by atoms with Gasteiger partial charge in [0.2, 0.25) is 11.8 Å². The number of carbonyl (C=O) groups excluding carboxylic acids is 2. The molecule has 0 aromatic carbocycles. The molecule has 82 heavy (non-hydrogen) atoms. The molecular formula is C76H154N4O2. The molecule has 0 spiro atoms. The molecule has 0 aromatic heterocycles. The van der Waals surface area contributed by atoms with Crippen LogP contribution in [-0.4, -0.2) is 98.9 Å². The number of amides is 2. The highest BCUT2D eigenvalue weighted by atomic mass is 16.2. The van der Waals surface area contributed by atoms with Gasteiger partial charge in [-0.15, -0.1) is 0 Å². The number of rotatable bonds is 66. The van der Waals surface area contributed by atoms with Gasteiger partial charge in [0.15, 0.2) is 0 Å². The van der Waals surface area contributed by atoms with E-state index in [9.17, 15) is 9.59 Å². The Hall–Kier alpha value is -1.14. The fourth-order valence-corrected chi connectivity index (χ4v) is 13.4. The summed E-state index contributed by atoms with van der Waals surface area (Å²) in [6, 6.07) is 0. The summed E-state index contributed by atoms with van der Waals surface area (Å²) in [4.78, 5) is 37.8. The molecule has 0 aliphatic rings. The van der Waals surface area contributed by atoms with Crippen LogP contribution in [0.5, 0.6) is 0 Å². The second-order valence-corrected chi connectivity index (χ2v) is 28.2. The molecule has 0 aliphatic heterocycles. The van der Waals surface area contributed by atoms with E-state index in [0.717, 1.165) is 64.4 Å². The van der Waals surface area contributed by atoms with Gasteiger partial charge in [-0.2, -0.15) is 0 Å². The SMILES string of the molecule is CCCCCCCCC(CCCCCC)CN(CC(CCCCCC)CCCCCCC(C)CCCCCCC(CCCCCCCC)CN(CC(CCCCCC)CCCCCCCC)C(=O)CCN(C)C)C(=O)CCCCN(C)C. The fourth-order valence-electron chi connectivity index (χ4n) is 13.4. The maximum absolute atomic E-state index is 14.3. The third-order valence-electron chi connectivity index (χ3n) is 19.1. The van der Waals surface area contributed by atoms with E-state index in [1.54, 1.807) is 0 Å². The lowest BCUT2D eigenvalue weighted by molar-refractivity contribution is -0.133. The molecular weight excluding hydrogens is 1000 g/mol. The Morgan fingerprint density at radius 2 is 0.476 bits per heavy atom. The highest BCUT2D eigenvalue weighted by Gasteiger charge is 2.25. The largest absolute Gasteiger partial charge is 0.342 e. The molecule has 0 radical (unpaired) electrons. The summed E-state index contributed by atoms with van der Waals surface area (Å²) < 4.78 is 0. The van der Waals surface area contributed by atoms with E-state index in [2.05, 4.69) is 96.3 Å². The summed E-state index contributed by atoms with van der Waals surface area (Å²) in [5, 5.41) is 0. The number of carbonyl (C=O) groups is 2. The summed E-state index contributed by atoms with van der Waals surface area (Å²) in [6.45, 7) is 22.4. The number of hydrogen-bond donors (Lipinski definition) is 0. The zero-order valence-electron chi connectivity index (χ0n) is 58.5. The molecule has 0 aliphatic carbocycles. The quantitative estimate of drug-likeness (QED) is 0.0570. The lowest BCUT2D eigenvalue weighted by atomic mass is 9.90. The first-order valence-corrected chi connectivity index (χ1v) is 37.8. The van der Waals surface area contributed by atoms with Gasteiger partial charge in [-0.1, -0.05) is 305 Å². The van der Waals surface area contributed by atoms with E-state index < -0.39 is 0 Å². The fraction of sp³-hybridized carbons (Fsp3) is 0.974. The topological polar surface area (TPSA) is 47.1 Å². The van der Waals surface area contributed by atoms with E-state index in [1.807, 2.05) is 0 Å². The number of unbranched alkanes of at least 4 members (excludes halogenated alkanes) is 31. The van der Waals surface area contributed by atoms with Crippen LogP contribution in [0.1, 0.15) is 382 Å². The van der Waals surface area contributed by atoms with Crippen molar-refractivity contribution in [2.45, 2.75) is 382 Å². The Labute approximate surface area is 517 Å². The van der Waals surface area contributed by atoms with E-state index in [1.165, 1.54) is 308 Å². The number of hydrogen-bond acceptors (Lipinski definition) is 4. The third kappa shape index (κ3) is 53.1. The summed E-state index contributed by atoms with van der Waals surface area (Å²) >= 11 is 0. The van der Waals surface area contributed by atoms with Crippen LogP contribution in [0.3, 0.4) is 0 Å². The summed E-state index contributed by atoms with van der Waals surface area (Å²) in [7, 11) is 8.57. The van der Waals surface area contributed by atoms with Gasteiger partial charge < -0.3 is 19.6 Å². The summed E-state index contributed by atoms with van der Waals surface area (Å²) in [5.41, 5.74) is 0. The van der Waals surface area contributed by atoms with Gasteiger partial charge in [0.25, 0.3) is 0 Å². The average Bonchev–Trinajstić information content (AvgIpc) is 3.47. The Balaban J connectivity index is 5.57. The molecule has 2 amide bonds. The van der Waals surface area contributed by atoms with Gasteiger partial charge in [0, 0.05) is 45.6 Å². The predicted molar refractivity (Wildman–Crippen MR) is 368 cm³/mol. The monoisotopic (exact) mass is 1160 g/mol. The molecule has 0 saturated carbocycles. The molecule has 0 aromatic rings. The number of nitrogens with zero attached hydrogens (tertiary/aromatic N) is 4. The van der Waals surface area contributed by atoms with Crippen LogP contribution in [-0.2, 0) is 9.59 Å². The lowest BCUT2D eigenvalue weighted by Crippen LogP contribution is -2.40. The smallest absolute Gasteiger partial charge is 0.223 e. The minimum absolute atomic E-state index is 0.418. The molecule has 6 nitrogen and oxygen atoms in total. The van der Waals surface area contributed by atoms with Crippen LogP contribution in [0.15, 0.2) is 0 Å². The molecule has 0 fully saturated rings. The van der Waals surface area contributed by atoms with Gasteiger partial charge in [-0.25, -0.2) is 0 Å². The molecule has 0 saturated heterocycles. The Kier molecular flexibility index (Phi) is 60.6. The lowest BCUT2D eigenvalue weighted by Gasteiger charge is -2.32. The van der Waals surface area contributed by atoms with Gasteiger partial charge in [-0.05, 0) is 129 Å². The third-order valence-corrected chi connectivity index (χ3v) is 19.1. The van der Waals surface area contributed by atoms with Crippen LogP contribution < -0.4 is 0 Å². The van der Waals surface area contributed by atoms with Crippen molar-refractivity contribution in [3.8, 4) is 0 Å². The first kappa shape index (κ1) is 80.9. The average molecular weight is 1160 g/mol. The normalized spacial score (nSPS) is 13.8. The van der Waals surface area contributed by atoms with Crippen molar-refractivity contribution in [1.29, 1.82) is 0 Å². The molecule has 0 rings (SSSR count). The molecule has 0 bridgehead atoms. The molecule has 0 N–H and O–H groups in total. The van der Waals surface area contributed by atoms with Crippen LogP contribution >= 0.6 is 0 Å². The van der Waals surface area contributed by atoms with E-state index in [4.69, 9.17) is 0 Å². The first-order chi connectivity index (χ1) is 39.9. The van der Waals surface area contributed by atoms with Gasteiger partial charge in [0.1, 0.15) is 0 Å². The highest BCUT2D eigenvalue weighted by molar-refractivity contribution is 5.76. The van der Waals surface area contributed by atoms with E-state index in [0.29, 0.717) is 41.9 Å². The zero-order chi connectivity index (χ0) is 60.4. The minimum atomic E-state index is 0.418. The van der Waals surface area contributed by atoms with Crippen molar-refractivity contribution < 1.29 is 9.59 Å². The van der Waals surface area contributed by atoms with Crippen molar-refractivity contribution >= 4 is 11.8 Å². The molecule has 490 valence electrons. The molecule has 5 unspecified atom stereocenters. The standard InChI is InChI=1S/C76H154N4O2/c1-12-18-24-30-33-45-57-71(54-42-27-21-15-4)66-79(75(81)62-50-51-64-77(8)9)67-72(55-43-28-22-16-5)60-48-38-36-40-52-70(7)53-41-37-39-49-61-74(59-47-35-32-26-20-14-3)69-80(76(82)63-65-78(10)11)68-73(56-44-29-23-17-6)58-46-34-31-25-19-13-2/h70-74H,12-69H2,1-11H3. The second-order valence-electron chi connectivity index (χ2n) is 28.2. The molecule has 6 heteroatoms. The summed E-state index contributed by atoms with van der Waals surface area (Å²) in [6.07, 6.45) is 67.9. The predicted octanol–water partition coefficient (Wildman–Crippen LogP) is 23.3. The van der Waals surface area contributed by atoms with Crippen molar-refractivity contribution in [2.75, 3.05) is 67.5 Å². The molecule has 5 atom stereocenters. The van der Waals surface area contributed by atoms with Crippen LogP contribution in [0.2, 0.25) is 0 Å². The Morgan fingerprint density at radius 3 is 0.732 bits per heavy atom. The van der Waals surface area contributed by atoms with Gasteiger partial charge >= 0.3 is 0 Å². The van der Waals surface area contributed by atoms with E-state index >= 15 is 0 Å². The van der Waals surface area contributed by atoms with Crippen LogP contribution in [0, 0.1) is 29.6 Å². The Bertz CT molecular complexity index is 1300. The second kappa shape index (κ2) is 61.5. The highest BCUT2D eigenvalue weighted by Crippen LogP contribution is 2.28. The maximum Gasteiger partial charge on any atom is 0.223 e.